The van der Waals surface area contributed by atoms with Gasteiger partial charge in [0.15, 0.2) is 5.82 Å². The number of aromatic nitrogens is 2. The molecule has 2 atom stereocenters. The molecule has 1 aromatic heterocycles. The number of piperidine rings is 1. The number of nitrogens with one attached hydrogen (secondary N) is 1. The minimum atomic E-state index is 0.414. The first-order chi connectivity index (χ1) is 9.24. The molecule has 3 heterocycles. The van der Waals surface area contributed by atoms with Gasteiger partial charge in [0.2, 0.25) is 5.89 Å². The quantitative estimate of drug-likeness (QED) is 0.901. The molecule has 2 aliphatic heterocycles. The summed E-state index contributed by atoms with van der Waals surface area (Å²) in [7, 11) is 0. The Labute approximate surface area is 114 Å². The average molecular weight is 264 g/mol. The highest BCUT2D eigenvalue weighted by Crippen LogP contribution is 2.28. The number of hydrogen-bond donors (Lipinski definition) is 1. The van der Waals surface area contributed by atoms with Crippen LogP contribution in [0, 0.1) is 0 Å². The highest BCUT2D eigenvalue weighted by Gasteiger charge is 2.30. The first kappa shape index (κ1) is 13.1. The lowest BCUT2D eigenvalue weighted by Crippen LogP contribution is -2.28. The molecular formula is C14H24N4O. The molecule has 19 heavy (non-hydrogen) atoms. The van der Waals surface area contributed by atoms with Crippen LogP contribution in [0.5, 0.6) is 0 Å². The fourth-order valence-corrected chi connectivity index (χ4v) is 3.11. The first-order valence-electron chi connectivity index (χ1n) is 7.52. The van der Waals surface area contributed by atoms with E-state index < -0.39 is 0 Å². The zero-order valence-corrected chi connectivity index (χ0v) is 11.9. The van der Waals surface area contributed by atoms with Crippen molar-refractivity contribution >= 4 is 0 Å². The van der Waals surface area contributed by atoms with Crippen molar-refractivity contribution in [3.63, 3.8) is 0 Å². The van der Waals surface area contributed by atoms with E-state index in [4.69, 9.17) is 4.52 Å². The van der Waals surface area contributed by atoms with Crippen LogP contribution in [0.4, 0.5) is 0 Å². The molecule has 0 spiro atoms. The van der Waals surface area contributed by atoms with Gasteiger partial charge in [-0.2, -0.15) is 4.98 Å². The van der Waals surface area contributed by atoms with Gasteiger partial charge in [-0.25, -0.2) is 0 Å². The van der Waals surface area contributed by atoms with Crippen LogP contribution in [0.1, 0.15) is 56.7 Å². The summed E-state index contributed by atoms with van der Waals surface area (Å²) in [6.07, 6.45) is 3.52. The molecule has 106 valence electrons. The molecule has 3 rings (SSSR count). The highest BCUT2D eigenvalue weighted by atomic mass is 16.5. The Balaban J connectivity index is 1.65. The molecule has 1 aromatic rings. The standard InChI is InChI=1S/C14H24N4O/c1-10(2)18-7-5-12(9-18)13-16-14(19-17-13)11-4-3-6-15-8-11/h10-12,15H,3-9H2,1-2H3. The van der Waals surface area contributed by atoms with Gasteiger partial charge in [0.1, 0.15) is 0 Å². The second kappa shape index (κ2) is 5.59. The summed E-state index contributed by atoms with van der Waals surface area (Å²) in [5.74, 6) is 2.63. The molecule has 0 amide bonds. The third-order valence-electron chi connectivity index (χ3n) is 4.42. The van der Waals surface area contributed by atoms with Gasteiger partial charge in [-0.1, -0.05) is 5.16 Å². The number of hydrogen-bond acceptors (Lipinski definition) is 5. The average Bonchev–Trinajstić information content (AvgIpc) is 3.09. The highest BCUT2D eigenvalue weighted by molar-refractivity contribution is 5.04. The third kappa shape index (κ3) is 2.82. The Morgan fingerprint density at radius 3 is 2.89 bits per heavy atom. The number of nitrogens with zero attached hydrogens (tertiary/aromatic N) is 3. The predicted molar refractivity (Wildman–Crippen MR) is 73.2 cm³/mol. The van der Waals surface area contributed by atoms with E-state index in [0.717, 1.165) is 50.7 Å². The van der Waals surface area contributed by atoms with Gasteiger partial charge in [0.25, 0.3) is 0 Å². The van der Waals surface area contributed by atoms with Gasteiger partial charge in [-0.05, 0) is 46.2 Å². The van der Waals surface area contributed by atoms with E-state index in [1.165, 1.54) is 6.42 Å². The molecule has 5 nitrogen and oxygen atoms in total. The summed E-state index contributed by atoms with van der Waals surface area (Å²) in [6, 6.07) is 0.610. The Bertz CT molecular complexity index is 411. The molecule has 1 N–H and O–H groups in total. The van der Waals surface area contributed by atoms with E-state index in [1.54, 1.807) is 0 Å². The zero-order valence-electron chi connectivity index (χ0n) is 11.9. The van der Waals surface area contributed by atoms with Gasteiger partial charge >= 0.3 is 0 Å². The summed E-state index contributed by atoms with van der Waals surface area (Å²) in [5.41, 5.74) is 0. The van der Waals surface area contributed by atoms with E-state index in [2.05, 4.69) is 34.2 Å². The van der Waals surface area contributed by atoms with Crippen LogP contribution in [0.2, 0.25) is 0 Å². The predicted octanol–water partition coefficient (Wildman–Crippen LogP) is 1.73. The maximum atomic E-state index is 5.49. The molecule has 0 aliphatic carbocycles. The minimum absolute atomic E-state index is 0.414. The van der Waals surface area contributed by atoms with Gasteiger partial charge in [-0.3, -0.25) is 0 Å². The van der Waals surface area contributed by atoms with E-state index in [1.807, 2.05) is 0 Å². The molecule has 0 aromatic carbocycles. The SMILES string of the molecule is CC(C)N1CCC(c2noc(C3CCCNC3)n2)C1. The molecule has 5 heteroatoms. The van der Waals surface area contributed by atoms with Crippen molar-refractivity contribution in [1.29, 1.82) is 0 Å². The molecular weight excluding hydrogens is 240 g/mol. The van der Waals surface area contributed by atoms with Crippen molar-refractivity contribution in [2.24, 2.45) is 0 Å². The van der Waals surface area contributed by atoms with E-state index >= 15 is 0 Å². The van der Waals surface area contributed by atoms with E-state index in [-0.39, 0.29) is 0 Å². The van der Waals surface area contributed by atoms with Crippen molar-refractivity contribution in [2.45, 2.75) is 51.0 Å². The topological polar surface area (TPSA) is 54.2 Å². The van der Waals surface area contributed by atoms with Crippen molar-refractivity contribution in [3.05, 3.63) is 11.7 Å². The number of rotatable bonds is 3. The molecule has 2 unspecified atom stereocenters. The summed E-state index contributed by atoms with van der Waals surface area (Å²) in [5, 5.41) is 7.62. The van der Waals surface area contributed by atoms with E-state index in [9.17, 15) is 0 Å². The maximum Gasteiger partial charge on any atom is 0.231 e. The summed E-state index contributed by atoms with van der Waals surface area (Å²) < 4.78 is 5.49. The van der Waals surface area contributed by atoms with Crippen LogP contribution in [0.3, 0.4) is 0 Å². The van der Waals surface area contributed by atoms with Crippen LogP contribution in [0.25, 0.3) is 0 Å². The van der Waals surface area contributed by atoms with E-state index in [0.29, 0.717) is 17.9 Å². The molecule has 0 radical (unpaired) electrons. The third-order valence-corrected chi connectivity index (χ3v) is 4.42. The van der Waals surface area contributed by atoms with Crippen LogP contribution in [-0.4, -0.2) is 47.3 Å². The Morgan fingerprint density at radius 1 is 1.32 bits per heavy atom. The summed E-state index contributed by atoms with van der Waals surface area (Å²) in [4.78, 5) is 7.15. The largest absolute Gasteiger partial charge is 0.339 e. The summed E-state index contributed by atoms with van der Waals surface area (Å²) in [6.45, 7) is 8.81. The summed E-state index contributed by atoms with van der Waals surface area (Å²) >= 11 is 0. The Hall–Kier alpha value is -0.940. The first-order valence-corrected chi connectivity index (χ1v) is 7.52. The Kier molecular flexibility index (Phi) is 3.84. The lowest BCUT2D eigenvalue weighted by Gasteiger charge is -2.19. The lowest BCUT2D eigenvalue weighted by atomic mass is 10.00. The van der Waals surface area contributed by atoms with Crippen LogP contribution in [0.15, 0.2) is 4.52 Å². The van der Waals surface area contributed by atoms with Crippen molar-refractivity contribution in [1.82, 2.24) is 20.4 Å². The molecule has 0 bridgehead atoms. The van der Waals surface area contributed by atoms with Crippen LogP contribution in [-0.2, 0) is 0 Å². The van der Waals surface area contributed by atoms with Gasteiger partial charge in [0.05, 0.1) is 5.92 Å². The smallest absolute Gasteiger partial charge is 0.231 e. The normalized spacial score (nSPS) is 29.2. The van der Waals surface area contributed by atoms with Gasteiger partial charge in [0, 0.05) is 25.0 Å². The molecule has 2 aliphatic rings. The van der Waals surface area contributed by atoms with Gasteiger partial charge in [-0.15, -0.1) is 0 Å². The fraction of sp³-hybridized carbons (Fsp3) is 0.857. The second-order valence-electron chi connectivity index (χ2n) is 6.11. The van der Waals surface area contributed by atoms with Crippen molar-refractivity contribution in [3.8, 4) is 0 Å². The van der Waals surface area contributed by atoms with Crippen molar-refractivity contribution in [2.75, 3.05) is 26.2 Å². The van der Waals surface area contributed by atoms with Gasteiger partial charge < -0.3 is 14.7 Å². The molecule has 2 saturated heterocycles. The number of likely N-dealkylation sites (tertiary alicyclic amines) is 1. The molecule has 0 saturated carbocycles. The minimum Gasteiger partial charge on any atom is -0.339 e. The Morgan fingerprint density at radius 2 is 2.21 bits per heavy atom. The monoisotopic (exact) mass is 264 g/mol. The van der Waals surface area contributed by atoms with Crippen LogP contribution >= 0.6 is 0 Å². The zero-order chi connectivity index (χ0) is 13.2. The molecule has 2 fully saturated rings. The fourth-order valence-electron chi connectivity index (χ4n) is 3.11. The van der Waals surface area contributed by atoms with Crippen LogP contribution < -0.4 is 5.32 Å². The second-order valence-corrected chi connectivity index (χ2v) is 6.11. The lowest BCUT2D eigenvalue weighted by molar-refractivity contribution is 0.271. The van der Waals surface area contributed by atoms with Crippen molar-refractivity contribution < 1.29 is 4.52 Å². The maximum absolute atomic E-state index is 5.49.